The summed E-state index contributed by atoms with van der Waals surface area (Å²) >= 11 is 3.35. The van der Waals surface area contributed by atoms with Crippen molar-refractivity contribution >= 4 is 33.5 Å². The Hall–Kier alpha value is -2.60. The standard InChI is InChI=1S/C16H12BrNO4/c17-11-1-5-13(6-2-11)22-14-7-3-12(4-8-14)18-15(19)9-10-16(20)21/h1-10H,(H,18,19)(H,20,21)/b10-9+. The van der Waals surface area contributed by atoms with Crippen molar-refractivity contribution in [3.05, 3.63) is 65.2 Å². The molecule has 0 fully saturated rings. The van der Waals surface area contributed by atoms with Crippen LogP contribution >= 0.6 is 15.9 Å². The van der Waals surface area contributed by atoms with E-state index in [4.69, 9.17) is 9.84 Å². The Labute approximate surface area is 135 Å². The van der Waals surface area contributed by atoms with Gasteiger partial charge >= 0.3 is 5.97 Å². The van der Waals surface area contributed by atoms with Crippen molar-refractivity contribution in [2.75, 3.05) is 5.32 Å². The van der Waals surface area contributed by atoms with Crippen molar-refractivity contribution in [3.63, 3.8) is 0 Å². The Balaban J connectivity index is 1.96. The zero-order chi connectivity index (χ0) is 15.9. The van der Waals surface area contributed by atoms with Crippen LogP contribution in [0.15, 0.2) is 65.2 Å². The van der Waals surface area contributed by atoms with Gasteiger partial charge in [-0.2, -0.15) is 0 Å². The molecule has 1 amide bonds. The Morgan fingerprint density at radius 3 is 2.05 bits per heavy atom. The molecule has 2 aromatic rings. The average Bonchev–Trinajstić information content (AvgIpc) is 2.49. The van der Waals surface area contributed by atoms with Gasteiger partial charge < -0.3 is 15.2 Å². The molecule has 0 heterocycles. The summed E-state index contributed by atoms with van der Waals surface area (Å²) in [6.45, 7) is 0. The highest BCUT2D eigenvalue weighted by atomic mass is 79.9. The third-order valence-electron chi connectivity index (χ3n) is 2.55. The van der Waals surface area contributed by atoms with Gasteiger partial charge in [0.2, 0.25) is 5.91 Å². The lowest BCUT2D eigenvalue weighted by atomic mass is 10.3. The van der Waals surface area contributed by atoms with Crippen LogP contribution in [0.3, 0.4) is 0 Å². The van der Waals surface area contributed by atoms with Crippen LogP contribution < -0.4 is 10.1 Å². The third-order valence-corrected chi connectivity index (χ3v) is 3.08. The highest BCUT2D eigenvalue weighted by Crippen LogP contribution is 2.24. The molecular weight excluding hydrogens is 350 g/mol. The highest BCUT2D eigenvalue weighted by molar-refractivity contribution is 9.10. The summed E-state index contributed by atoms with van der Waals surface area (Å²) in [5.41, 5.74) is 0.545. The molecule has 0 atom stereocenters. The second-order valence-corrected chi connectivity index (χ2v) is 5.16. The van der Waals surface area contributed by atoms with E-state index in [1.807, 2.05) is 24.3 Å². The van der Waals surface area contributed by atoms with Gasteiger partial charge in [0.25, 0.3) is 0 Å². The van der Waals surface area contributed by atoms with Crippen LogP contribution in [0.4, 0.5) is 5.69 Å². The molecule has 0 bridgehead atoms. The molecule has 0 aromatic heterocycles. The van der Waals surface area contributed by atoms with Crippen molar-refractivity contribution in [3.8, 4) is 11.5 Å². The number of benzene rings is 2. The number of amides is 1. The first kappa shape index (κ1) is 15.8. The van der Waals surface area contributed by atoms with Gasteiger partial charge in [-0.1, -0.05) is 15.9 Å². The summed E-state index contributed by atoms with van der Waals surface area (Å²) in [5, 5.41) is 11.0. The van der Waals surface area contributed by atoms with Gasteiger partial charge in [0, 0.05) is 22.3 Å². The number of carbonyl (C=O) groups excluding carboxylic acids is 1. The van der Waals surface area contributed by atoms with E-state index in [2.05, 4.69) is 21.2 Å². The SMILES string of the molecule is O=C(O)/C=C/C(=O)Nc1ccc(Oc2ccc(Br)cc2)cc1. The lowest BCUT2D eigenvalue weighted by Gasteiger charge is -2.07. The summed E-state index contributed by atoms with van der Waals surface area (Å²) < 4.78 is 6.61. The number of aliphatic carboxylic acids is 1. The Morgan fingerprint density at radius 2 is 1.50 bits per heavy atom. The quantitative estimate of drug-likeness (QED) is 0.793. The number of halogens is 1. The molecule has 2 N–H and O–H groups in total. The van der Waals surface area contributed by atoms with E-state index in [9.17, 15) is 9.59 Å². The molecule has 22 heavy (non-hydrogen) atoms. The Kier molecular flexibility index (Phi) is 5.32. The minimum absolute atomic E-state index is 0.510. The van der Waals surface area contributed by atoms with Crippen LogP contribution in [0.1, 0.15) is 0 Å². The smallest absolute Gasteiger partial charge is 0.328 e. The van der Waals surface area contributed by atoms with E-state index in [-0.39, 0.29) is 0 Å². The predicted octanol–water partition coefficient (Wildman–Crippen LogP) is 3.82. The zero-order valence-corrected chi connectivity index (χ0v) is 12.9. The van der Waals surface area contributed by atoms with E-state index < -0.39 is 11.9 Å². The van der Waals surface area contributed by atoms with Gasteiger partial charge in [0.15, 0.2) is 0 Å². The number of hydrogen-bond donors (Lipinski definition) is 2. The fraction of sp³-hybridized carbons (Fsp3) is 0. The second-order valence-electron chi connectivity index (χ2n) is 4.24. The maximum atomic E-state index is 11.4. The molecule has 0 aliphatic carbocycles. The Bertz CT molecular complexity index is 693. The molecule has 6 heteroatoms. The number of carboxylic acid groups (broad SMARTS) is 1. The second kappa shape index (κ2) is 7.42. The molecular formula is C16H12BrNO4. The zero-order valence-electron chi connectivity index (χ0n) is 11.3. The number of anilines is 1. The number of carbonyl (C=O) groups is 2. The maximum absolute atomic E-state index is 11.4. The van der Waals surface area contributed by atoms with Gasteiger partial charge in [0.05, 0.1) is 0 Å². The number of hydrogen-bond acceptors (Lipinski definition) is 3. The van der Waals surface area contributed by atoms with E-state index in [0.29, 0.717) is 17.2 Å². The maximum Gasteiger partial charge on any atom is 0.328 e. The number of carboxylic acids is 1. The molecule has 0 aliphatic rings. The van der Waals surface area contributed by atoms with Crippen LogP contribution in [-0.2, 0) is 9.59 Å². The predicted molar refractivity (Wildman–Crippen MR) is 86.1 cm³/mol. The Morgan fingerprint density at radius 1 is 0.955 bits per heavy atom. The molecule has 2 aromatic carbocycles. The normalized spacial score (nSPS) is 10.4. The van der Waals surface area contributed by atoms with E-state index >= 15 is 0 Å². The molecule has 0 spiro atoms. The minimum Gasteiger partial charge on any atom is -0.478 e. The van der Waals surface area contributed by atoms with Gasteiger partial charge in [-0.15, -0.1) is 0 Å². The fourth-order valence-electron chi connectivity index (χ4n) is 1.58. The average molecular weight is 362 g/mol. The highest BCUT2D eigenvalue weighted by Gasteiger charge is 2.01. The first-order valence-corrected chi connectivity index (χ1v) is 7.08. The van der Waals surface area contributed by atoms with Crippen LogP contribution in [0.25, 0.3) is 0 Å². The third kappa shape index (κ3) is 5.06. The van der Waals surface area contributed by atoms with Crippen molar-refractivity contribution in [2.24, 2.45) is 0 Å². The molecule has 2 rings (SSSR count). The lowest BCUT2D eigenvalue weighted by Crippen LogP contribution is -2.08. The molecule has 0 saturated carbocycles. The molecule has 5 nitrogen and oxygen atoms in total. The van der Waals surface area contributed by atoms with Gasteiger partial charge in [-0.3, -0.25) is 4.79 Å². The molecule has 0 radical (unpaired) electrons. The summed E-state index contributed by atoms with van der Waals surface area (Å²) in [6.07, 6.45) is 1.73. The van der Waals surface area contributed by atoms with E-state index in [0.717, 1.165) is 16.6 Å². The number of nitrogens with one attached hydrogen (secondary N) is 1. The van der Waals surface area contributed by atoms with Gasteiger partial charge in [-0.25, -0.2) is 4.79 Å². The van der Waals surface area contributed by atoms with Crippen molar-refractivity contribution in [2.45, 2.75) is 0 Å². The van der Waals surface area contributed by atoms with Crippen LogP contribution in [0.2, 0.25) is 0 Å². The van der Waals surface area contributed by atoms with Gasteiger partial charge in [0.1, 0.15) is 11.5 Å². The topological polar surface area (TPSA) is 75.6 Å². The summed E-state index contributed by atoms with van der Waals surface area (Å²) in [4.78, 5) is 21.7. The fourth-order valence-corrected chi connectivity index (χ4v) is 1.84. The van der Waals surface area contributed by atoms with Crippen LogP contribution in [-0.4, -0.2) is 17.0 Å². The van der Waals surface area contributed by atoms with E-state index in [1.54, 1.807) is 24.3 Å². The van der Waals surface area contributed by atoms with Crippen molar-refractivity contribution < 1.29 is 19.4 Å². The molecule has 0 aliphatic heterocycles. The van der Waals surface area contributed by atoms with Crippen LogP contribution in [0, 0.1) is 0 Å². The molecule has 0 unspecified atom stereocenters. The molecule has 112 valence electrons. The van der Waals surface area contributed by atoms with Gasteiger partial charge in [-0.05, 0) is 48.5 Å². The first-order valence-electron chi connectivity index (χ1n) is 6.28. The summed E-state index contributed by atoms with van der Waals surface area (Å²) in [6, 6.07) is 14.2. The summed E-state index contributed by atoms with van der Waals surface area (Å²) in [7, 11) is 0. The van der Waals surface area contributed by atoms with Crippen LogP contribution in [0.5, 0.6) is 11.5 Å². The minimum atomic E-state index is -1.17. The first-order chi connectivity index (χ1) is 10.5. The number of rotatable bonds is 5. The van der Waals surface area contributed by atoms with Crippen molar-refractivity contribution in [1.82, 2.24) is 0 Å². The van der Waals surface area contributed by atoms with E-state index in [1.165, 1.54) is 0 Å². The summed E-state index contributed by atoms with van der Waals surface area (Å²) in [5.74, 6) is -0.358. The lowest BCUT2D eigenvalue weighted by molar-refractivity contribution is -0.131. The largest absolute Gasteiger partial charge is 0.478 e. The number of ether oxygens (including phenoxy) is 1. The molecule has 0 saturated heterocycles. The monoisotopic (exact) mass is 361 g/mol. The van der Waals surface area contributed by atoms with Crippen molar-refractivity contribution in [1.29, 1.82) is 0 Å².